The van der Waals surface area contributed by atoms with Crippen molar-refractivity contribution in [2.75, 3.05) is 10.6 Å². The van der Waals surface area contributed by atoms with Gasteiger partial charge in [0.2, 0.25) is 5.91 Å². The lowest BCUT2D eigenvalue weighted by atomic mass is 10.1. The molecule has 0 bridgehead atoms. The number of hydrogen-bond donors (Lipinski definition) is 4. The molecule has 9 nitrogen and oxygen atoms in total. The average molecular weight is 479 g/mol. The summed E-state index contributed by atoms with van der Waals surface area (Å²) in [5, 5.41) is 21.4. The first-order valence-corrected chi connectivity index (χ1v) is 11.5. The van der Waals surface area contributed by atoms with Crippen LogP contribution < -0.4 is 16.0 Å². The van der Waals surface area contributed by atoms with Gasteiger partial charge in [-0.15, -0.1) is 0 Å². The van der Waals surface area contributed by atoms with Gasteiger partial charge in [-0.25, -0.2) is 4.79 Å². The van der Waals surface area contributed by atoms with E-state index in [0.29, 0.717) is 23.6 Å². The van der Waals surface area contributed by atoms with Crippen LogP contribution in [0, 0.1) is 6.92 Å². The summed E-state index contributed by atoms with van der Waals surface area (Å²) in [5.74, 6) is -0.599. The third-order valence-electron chi connectivity index (χ3n) is 5.40. The van der Waals surface area contributed by atoms with Gasteiger partial charge in [0, 0.05) is 23.9 Å². The first-order valence-electron chi connectivity index (χ1n) is 11.5. The SMILES string of the molecule is CCCC(NC(=O)Cc1ccc(NC(=O)Nc2ccccc2C)cc1)c1cc(CCC(=O)O)on1. The van der Waals surface area contributed by atoms with Crippen molar-refractivity contribution in [1.29, 1.82) is 0 Å². The van der Waals surface area contributed by atoms with Gasteiger partial charge in [-0.05, 0) is 42.7 Å². The topological polar surface area (TPSA) is 134 Å². The maximum absolute atomic E-state index is 12.7. The summed E-state index contributed by atoms with van der Waals surface area (Å²) in [5.41, 5.74) is 3.69. The van der Waals surface area contributed by atoms with Crippen molar-refractivity contribution in [2.45, 2.75) is 52.0 Å². The van der Waals surface area contributed by atoms with Crippen LogP contribution in [-0.2, 0) is 22.4 Å². The molecule has 1 heterocycles. The molecule has 2 aromatic carbocycles. The molecule has 1 unspecified atom stereocenters. The molecule has 184 valence electrons. The van der Waals surface area contributed by atoms with E-state index in [9.17, 15) is 14.4 Å². The number of carbonyl (C=O) groups excluding carboxylic acids is 2. The Morgan fingerprint density at radius 2 is 1.80 bits per heavy atom. The van der Waals surface area contributed by atoms with Gasteiger partial charge in [-0.3, -0.25) is 9.59 Å². The first kappa shape index (κ1) is 25.5. The second-order valence-electron chi connectivity index (χ2n) is 8.29. The lowest BCUT2D eigenvalue weighted by Gasteiger charge is -2.15. The minimum Gasteiger partial charge on any atom is -0.481 e. The fourth-order valence-electron chi connectivity index (χ4n) is 3.56. The Labute approximate surface area is 203 Å². The molecule has 0 saturated heterocycles. The lowest BCUT2D eigenvalue weighted by molar-refractivity contribution is -0.137. The van der Waals surface area contributed by atoms with Crippen molar-refractivity contribution < 1.29 is 24.0 Å². The van der Waals surface area contributed by atoms with Gasteiger partial charge in [0.15, 0.2) is 0 Å². The molecule has 3 rings (SSSR count). The molecule has 0 aliphatic heterocycles. The normalized spacial score (nSPS) is 11.5. The molecule has 0 aliphatic carbocycles. The maximum atomic E-state index is 12.7. The lowest BCUT2D eigenvalue weighted by Crippen LogP contribution is -2.30. The summed E-state index contributed by atoms with van der Waals surface area (Å²) in [4.78, 5) is 35.7. The molecular formula is C26H30N4O5. The van der Waals surface area contributed by atoms with Crippen molar-refractivity contribution in [3.05, 3.63) is 77.2 Å². The quantitative estimate of drug-likeness (QED) is 0.311. The zero-order valence-electron chi connectivity index (χ0n) is 19.8. The van der Waals surface area contributed by atoms with E-state index in [-0.39, 0.29) is 37.2 Å². The van der Waals surface area contributed by atoms with Crippen molar-refractivity contribution in [1.82, 2.24) is 10.5 Å². The van der Waals surface area contributed by atoms with Gasteiger partial charge in [0.25, 0.3) is 0 Å². The second kappa shape index (κ2) is 12.4. The van der Waals surface area contributed by atoms with Gasteiger partial charge in [-0.2, -0.15) is 0 Å². The largest absolute Gasteiger partial charge is 0.481 e. The summed E-state index contributed by atoms with van der Waals surface area (Å²) in [6, 6.07) is 15.6. The first-order chi connectivity index (χ1) is 16.8. The predicted molar refractivity (Wildman–Crippen MR) is 132 cm³/mol. The van der Waals surface area contributed by atoms with Gasteiger partial charge >= 0.3 is 12.0 Å². The van der Waals surface area contributed by atoms with Crippen LogP contribution in [0.2, 0.25) is 0 Å². The Balaban J connectivity index is 1.53. The predicted octanol–water partition coefficient (Wildman–Crippen LogP) is 4.84. The molecule has 1 atom stereocenters. The molecule has 0 fully saturated rings. The van der Waals surface area contributed by atoms with Crippen LogP contribution >= 0.6 is 0 Å². The third kappa shape index (κ3) is 7.99. The van der Waals surface area contributed by atoms with Crippen LogP contribution in [-0.4, -0.2) is 28.2 Å². The fraction of sp³-hybridized carbons (Fsp3) is 0.308. The molecule has 9 heteroatoms. The Morgan fingerprint density at radius 3 is 2.49 bits per heavy atom. The third-order valence-corrected chi connectivity index (χ3v) is 5.40. The number of nitrogens with one attached hydrogen (secondary N) is 3. The number of carboxylic acid groups (broad SMARTS) is 1. The van der Waals surface area contributed by atoms with Gasteiger partial charge in [-0.1, -0.05) is 48.8 Å². The highest BCUT2D eigenvalue weighted by atomic mass is 16.5. The highest BCUT2D eigenvalue weighted by Crippen LogP contribution is 2.20. The summed E-state index contributed by atoms with van der Waals surface area (Å²) in [6.07, 6.45) is 1.87. The summed E-state index contributed by atoms with van der Waals surface area (Å²) < 4.78 is 5.23. The minimum absolute atomic E-state index is 0.0438. The summed E-state index contributed by atoms with van der Waals surface area (Å²) in [7, 11) is 0. The number of rotatable bonds is 11. The average Bonchev–Trinajstić information content (AvgIpc) is 3.29. The number of anilines is 2. The number of benzene rings is 2. The molecular weight excluding hydrogens is 448 g/mol. The number of amides is 3. The zero-order valence-corrected chi connectivity index (χ0v) is 19.8. The second-order valence-corrected chi connectivity index (χ2v) is 8.29. The van der Waals surface area contributed by atoms with Crippen LogP contribution in [0.4, 0.5) is 16.2 Å². The Morgan fingerprint density at radius 1 is 1.06 bits per heavy atom. The van der Waals surface area contributed by atoms with Crippen LogP contribution in [0.25, 0.3) is 0 Å². The molecule has 3 amide bonds. The van der Waals surface area contributed by atoms with Gasteiger partial charge < -0.3 is 25.6 Å². The summed E-state index contributed by atoms with van der Waals surface area (Å²) >= 11 is 0. The smallest absolute Gasteiger partial charge is 0.323 e. The molecule has 3 aromatic rings. The van der Waals surface area contributed by atoms with Crippen molar-refractivity contribution >= 4 is 29.3 Å². The number of aryl methyl sites for hydroxylation is 2. The molecule has 1 aromatic heterocycles. The van der Waals surface area contributed by atoms with E-state index in [0.717, 1.165) is 23.2 Å². The van der Waals surface area contributed by atoms with Crippen molar-refractivity contribution in [3.8, 4) is 0 Å². The number of carbonyl (C=O) groups is 3. The van der Waals surface area contributed by atoms with E-state index in [1.54, 1.807) is 30.3 Å². The fourth-order valence-corrected chi connectivity index (χ4v) is 3.56. The summed E-state index contributed by atoms with van der Waals surface area (Å²) in [6.45, 7) is 3.92. The molecule has 0 radical (unpaired) electrons. The van der Waals surface area contributed by atoms with E-state index in [1.807, 2.05) is 38.1 Å². The molecule has 0 saturated carbocycles. The minimum atomic E-state index is -0.908. The van der Waals surface area contributed by atoms with E-state index in [1.165, 1.54) is 0 Å². The zero-order chi connectivity index (χ0) is 25.2. The van der Waals surface area contributed by atoms with Gasteiger partial charge in [0.05, 0.1) is 18.9 Å². The highest BCUT2D eigenvalue weighted by Gasteiger charge is 2.19. The van der Waals surface area contributed by atoms with Crippen molar-refractivity contribution in [3.63, 3.8) is 0 Å². The number of aromatic nitrogens is 1. The van der Waals surface area contributed by atoms with E-state index in [2.05, 4.69) is 21.1 Å². The molecule has 35 heavy (non-hydrogen) atoms. The van der Waals surface area contributed by atoms with Crippen LogP contribution in [0.15, 0.2) is 59.1 Å². The van der Waals surface area contributed by atoms with Crippen LogP contribution in [0.3, 0.4) is 0 Å². The number of carboxylic acids is 1. The van der Waals surface area contributed by atoms with Crippen LogP contribution in [0.5, 0.6) is 0 Å². The Bertz CT molecular complexity index is 1160. The molecule has 4 N–H and O–H groups in total. The number of urea groups is 1. The number of aliphatic carboxylic acids is 1. The van der Waals surface area contributed by atoms with Gasteiger partial charge in [0.1, 0.15) is 11.5 Å². The molecule has 0 aliphatic rings. The maximum Gasteiger partial charge on any atom is 0.323 e. The van der Waals surface area contributed by atoms with Crippen LogP contribution in [0.1, 0.15) is 54.8 Å². The van der Waals surface area contributed by atoms with E-state index < -0.39 is 5.97 Å². The Kier molecular flexibility index (Phi) is 9.00. The van der Waals surface area contributed by atoms with E-state index >= 15 is 0 Å². The Hall–Kier alpha value is -4.14. The van der Waals surface area contributed by atoms with Crippen molar-refractivity contribution in [2.24, 2.45) is 0 Å². The molecule has 0 spiro atoms. The number of para-hydroxylation sites is 1. The van der Waals surface area contributed by atoms with E-state index in [4.69, 9.17) is 9.63 Å². The number of hydrogen-bond acceptors (Lipinski definition) is 5. The number of nitrogens with zero attached hydrogens (tertiary/aromatic N) is 1. The highest BCUT2D eigenvalue weighted by molar-refractivity contribution is 6.00. The monoisotopic (exact) mass is 478 g/mol. The standard InChI is InChI=1S/C26H30N4O5/c1-3-6-22(23-16-20(35-30-23)13-14-25(32)33)28-24(31)15-18-9-11-19(12-10-18)27-26(34)29-21-8-5-4-7-17(21)2/h4-5,7-12,16,22H,3,6,13-15H2,1-2H3,(H,28,31)(H,32,33)(H2,27,29,34).